The van der Waals surface area contributed by atoms with Gasteiger partial charge in [0.15, 0.2) is 5.12 Å². The lowest BCUT2D eigenvalue weighted by atomic mass is 10.7. The van der Waals surface area contributed by atoms with Crippen LogP contribution in [0.25, 0.3) is 0 Å². The fraction of sp³-hybridized carbons (Fsp3) is 0.500. The van der Waals surface area contributed by atoms with E-state index in [1.54, 1.807) is 0 Å². The van der Waals surface area contributed by atoms with Gasteiger partial charge in [-0.05, 0) is 0 Å². The normalized spacial score (nSPS) is 8.62. The molecular weight excluding hydrogens is 124 g/mol. The molecule has 0 rings (SSSR count). The van der Waals surface area contributed by atoms with E-state index in [4.69, 9.17) is 11.1 Å². The van der Waals surface area contributed by atoms with E-state index in [0.717, 1.165) is 11.8 Å². The molecule has 0 aromatic heterocycles. The first-order chi connectivity index (χ1) is 3.63. The maximum absolute atomic E-state index is 10.2. The van der Waals surface area contributed by atoms with Crippen LogP contribution in [-0.4, -0.2) is 16.7 Å². The number of carbonyl (C=O) groups is 1. The topological polar surface area (TPSA) is 66.9 Å². The van der Waals surface area contributed by atoms with E-state index in [9.17, 15) is 4.79 Å². The van der Waals surface area contributed by atoms with Gasteiger partial charge >= 0.3 is 0 Å². The molecule has 3 nitrogen and oxygen atoms in total. The fourth-order valence-electron chi connectivity index (χ4n) is 0.179. The highest BCUT2D eigenvalue weighted by Gasteiger charge is 1.93. The average molecular weight is 132 g/mol. The lowest BCUT2D eigenvalue weighted by molar-refractivity contribution is -0.109. The van der Waals surface area contributed by atoms with Gasteiger partial charge in [0.25, 0.3) is 0 Å². The van der Waals surface area contributed by atoms with Gasteiger partial charge in [0.1, 0.15) is 5.84 Å². The van der Waals surface area contributed by atoms with Crippen molar-refractivity contribution in [3.63, 3.8) is 0 Å². The number of carbonyl (C=O) groups excluding carboxylic acids is 1. The van der Waals surface area contributed by atoms with Gasteiger partial charge in [-0.1, -0.05) is 11.8 Å². The zero-order valence-corrected chi connectivity index (χ0v) is 5.42. The first-order valence-corrected chi connectivity index (χ1v) is 3.07. The second-order valence-corrected chi connectivity index (χ2v) is 2.46. The molecule has 0 saturated heterocycles. The third kappa shape index (κ3) is 5.49. The van der Waals surface area contributed by atoms with E-state index >= 15 is 0 Å². The Hall–Kier alpha value is -0.510. The van der Waals surface area contributed by atoms with Gasteiger partial charge in [-0.2, -0.15) is 0 Å². The standard InChI is InChI=1S/C4H8N2OS/c1-3(7)8-2-4(5)6/h2H2,1H3,(H3,5,6). The van der Waals surface area contributed by atoms with Crippen LogP contribution in [-0.2, 0) is 4.79 Å². The molecule has 0 heterocycles. The average Bonchev–Trinajstić information content (AvgIpc) is 1.61. The number of thioether (sulfide) groups is 1. The van der Waals surface area contributed by atoms with Crippen LogP contribution in [0.4, 0.5) is 0 Å². The zero-order valence-electron chi connectivity index (χ0n) is 4.60. The van der Waals surface area contributed by atoms with Crippen LogP contribution in [0, 0.1) is 5.41 Å². The Morgan fingerprint density at radius 2 is 2.38 bits per heavy atom. The molecule has 0 aromatic carbocycles. The molecule has 0 saturated carbocycles. The molecule has 4 heteroatoms. The maximum atomic E-state index is 10.2. The second-order valence-electron chi connectivity index (χ2n) is 1.31. The van der Waals surface area contributed by atoms with Crippen molar-refractivity contribution in [1.82, 2.24) is 0 Å². The van der Waals surface area contributed by atoms with Gasteiger partial charge in [0, 0.05) is 6.92 Å². The minimum absolute atomic E-state index is 0.000185. The highest BCUT2D eigenvalue weighted by atomic mass is 32.2. The Kier molecular flexibility index (Phi) is 3.26. The molecule has 0 aromatic rings. The molecule has 0 atom stereocenters. The summed E-state index contributed by atoms with van der Waals surface area (Å²) in [7, 11) is 0. The van der Waals surface area contributed by atoms with Gasteiger partial charge in [-0.3, -0.25) is 10.2 Å². The van der Waals surface area contributed by atoms with E-state index < -0.39 is 0 Å². The zero-order chi connectivity index (χ0) is 6.57. The Morgan fingerprint density at radius 1 is 1.88 bits per heavy atom. The summed E-state index contributed by atoms with van der Waals surface area (Å²) in [4.78, 5) is 10.2. The van der Waals surface area contributed by atoms with Crippen LogP contribution in [0.15, 0.2) is 0 Å². The molecule has 0 spiro atoms. The predicted octanol–water partition coefficient (Wildman–Crippen LogP) is 0.202. The third-order valence-corrected chi connectivity index (χ3v) is 1.29. The fourth-order valence-corrected chi connectivity index (χ4v) is 0.538. The first-order valence-electron chi connectivity index (χ1n) is 2.09. The molecular formula is C4H8N2OS. The summed E-state index contributed by atoms with van der Waals surface area (Å²) in [5.41, 5.74) is 4.95. The summed E-state index contributed by atoms with van der Waals surface area (Å²) in [6.07, 6.45) is 0. The number of rotatable bonds is 2. The van der Waals surface area contributed by atoms with Crippen molar-refractivity contribution < 1.29 is 4.79 Å². The highest BCUT2D eigenvalue weighted by Crippen LogP contribution is 1.97. The number of hydrogen-bond donors (Lipinski definition) is 2. The van der Waals surface area contributed by atoms with Crippen LogP contribution >= 0.6 is 11.8 Å². The maximum Gasteiger partial charge on any atom is 0.186 e. The smallest absolute Gasteiger partial charge is 0.186 e. The molecule has 0 bridgehead atoms. The van der Waals surface area contributed by atoms with Crippen LogP contribution < -0.4 is 5.73 Å². The largest absolute Gasteiger partial charge is 0.387 e. The number of nitrogens with one attached hydrogen (secondary N) is 1. The summed E-state index contributed by atoms with van der Waals surface area (Å²) in [6, 6.07) is 0. The quantitative estimate of drug-likeness (QED) is 0.416. The van der Waals surface area contributed by atoms with Crippen LogP contribution in [0.3, 0.4) is 0 Å². The molecule has 0 aliphatic heterocycles. The second kappa shape index (κ2) is 3.49. The predicted molar refractivity (Wildman–Crippen MR) is 35.1 cm³/mol. The summed E-state index contributed by atoms with van der Waals surface area (Å²) in [5.74, 6) is 0.361. The first kappa shape index (κ1) is 7.49. The molecule has 0 radical (unpaired) electrons. The molecule has 3 N–H and O–H groups in total. The Morgan fingerprint density at radius 3 is 2.50 bits per heavy atom. The van der Waals surface area contributed by atoms with E-state index in [2.05, 4.69) is 0 Å². The van der Waals surface area contributed by atoms with Crippen molar-refractivity contribution in [2.75, 3.05) is 5.75 Å². The van der Waals surface area contributed by atoms with Crippen LogP contribution in [0.2, 0.25) is 0 Å². The van der Waals surface area contributed by atoms with Gasteiger partial charge < -0.3 is 5.73 Å². The van der Waals surface area contributed by atoms with Gasteiger partial charge in [-0.25, -0.2) is 0 Å². The SMILES string of the molecule is CC(=O)SCC(=N)N. The monoisotopic (exact) mass is 132 g/mol. The number of amidine groups is 1. The summed E-state index contributed by atoms with van der Waals surface area (Å²) < 4.78 is 0. The van der Waals surface area contributed by atoms with Crippen molar-refractivity contribution in [2.24, 2.45) is 5.73 Å². The highest BCUT2D eigenvalue weighted by molar-refractivity contribution is 8.14. The molecule has 0 aliphatic rings. The Balaban J connectivity index is 3.18. The van der Waals surface area contributed by atoms with Crippen molar-refractivity contribution in [1.29, 1.82) is 5.41 Å². The minimum Gasteiger partial charge on any atom is -0.387 e. The summed E-state index contributed by atoms with van der Waals surface area (Å²) in [6.45, 7) is 1.45. The van der Waals surface area contributed by atoms with Gasteiger partial charge in [0.05, 0.1) is 5.75 Å². The van der Waals surface area contributed by atoms with Crippen LogP contribution in [0.5, 0.6) is 0 Å². The van der Waals surface area contributed by atoms with Crippen molar-refractivity contribution in [3.8, 4) is 0 Å². The molecule has 46 valence electrons. The van der Waals surface area contributed by atoms with Crippen LogP contribution in [0.1, 0.15) is 6.92 Å². The van der Waals surface area contributed by atoms with Crippen molar-refractivity contribution in [3.05, 3.63) is 0 Å². The lowest BCUT2D eigenvalue weighted by Gasteiger charge is -1.90. The van der Waals surface area contributed by atoms with E-state index in [1.165, 1.54) is 6.92 Å². The van der Waals surface area contributed by atoms with Gasteiger partial charge in [0.2, 0.25) is 0 Å². The lowest BCUT2D eigenvalue weighted by Crippen LogP contribution is -2.12. The molecule has 0 aliphatic carbocycles. The molecule has 0 amide bonds. The van der Waals surface area contributed by atoms with E-state index in [-0.39, 0.29) is 11.0 Å². The number of hydrogen-bond acceptors (Lipinski definition) is 3. The Labute approximate surface area is 52.1 Å². The minimum atomic E-state index is 0.000185. The molecule has 0 fully saturated rings. The summed E-state index contributed by atoms with van der Waals surface area (Å²) in [5, 5.41) is 6.69. The third-order valence-electron chi connectivity index (χ3n) is 0.431. The molecule has 0 unspecified atom stereocenters. The summed E-state index contributed by atoms with van der Waals surface area (Å²) >= 11 is 1.05. The number of nitrogens with two attached hydrogens (primary N) is 1. The van der Waals surface area contributed by atoms with Crippen molar-refractivity contribution in [2.45, 2.75) is 6.92 Å². The van der Waals surface area contributed by atoms with Gasteiger partial charge in [-0.15, -0.1) is 0 Å². The molecule has 8 heavy (non-hydrogen) atoms. The van der Waals surface area contributed by atoms with E-state index in [0.29, 0.717) is 5.75 Å². The van der Waals surface area contributed by atoms with Crippen molar-refractivity contribution >= 4 is 22.7 Å². The Bertz CT molecular complexity index is 98.6. The van der Waals surface area contributed by atoms with E-state index in [1.807, 2.05) is 0 Å².